The summed E-state index contributed by atoms with van der Waals surface area (Å²) in [6.45, 7) is 4.02. The number of methoxy groups -OCH3 is 2. The average Bonchev–Trinajstić information content (AvgIpc) is 3.18. The number of hydrogen-bond donors (Lipinski definition) is 1. The maximum Gasteiger partial charge on any atom is 0.351 e. The molecule has 35 heavy (non-hydrogen) atoms. The van der Waals surface area contributed by atoms with E-state index < -0.39 is 27.2 Å². The molecule has 1 fully saturated rings. The Balaban J connectivity index is 1.78. The standard InChI is InChI=1S/C23H29BrN2O7S2/c1-14(2)35(29,30)26-10-8-16(9-11-26)25-17-7-5-6-15(12-17)21-19(24)20(33-13-18(27)31-3)22(34-21)23(28)32-4/h5-7,12,14,16,25H,8-11,13H2,1-4H3. The summed E-state index contributed by atoms with van der Waals surface area (Å²) in [5.41, 5.74) is 1.72. The van der Waals surface area contributed by atoms with Crippen LogP contribution in [0.15, 0.2) is 28.7 Å². The summed E-state index contributed by atoms with van der Waals surface area (Å²) in [6.07, 6.45) is 1.41. The Morgan fingerprint density at radius 2 is 1.89 bits per heavy atom. The van der Waals surface area contributed by atoms with Crippen molar-refractivity contribution in [2.45, 2.75) is 38.0 Å². The summed E-state index contributed by atoms with van der Waals surface area (Å²) >= 11 is 4.70. The highest BCUT2D eigenvalue weighted by Gasteiger charge is 2.30. The number of ether oxygens (including phenoxy) is 3. The second kappa shape index (κ2) is 11.7. The first-order valence-electron chi connectivity index (χ1n) is 11.0. The zero-order chi connectivity index (χ0) is 25.8. The van der Waals surface area contributed by atoms with E-state index in [2.05, 4.69) is 26.0 Å². The lowest BCUT2D eigenvalue weighted by atomic mass is 10.1. The maximum atomic E-state index is 12.4. The summed E-state index contributed by atoms with van der Waals surface area (Å²) in [7, 11) is -0.707. The third-order valence-electron chi connectivity index (χ3n) is 5.65. The molecule has 9 nitrogen and oxygen atoms in total. The quantitative estimate of drug-likeness (QED) is 0.435. The van der Waals surface area contributed by atoms with Crippen LogP contribution in [0.1, 0.15) is 36.4 Å². The van der Waals surface area contributed by atoms with Crippen LogP contribution in [-0.4, -0.2) is 69.9 Å². The maximum absolute atomic E-state index is 12.4. The van der Waals surface area contributed by atoms with Crippen molar-refractivity contribution in [3.8, 4) is 16.2 Å². The summed E-state index contributed by atoms with van der Waals surface area (Å²) in [6, 6.07) is 7.84. The zero-order valence-corrected chi connectivity index (χ0v) is 23.2. The van der Waals surface area contributed by atoms with Crippen LogP contribution in [0.2, 0.25) is 0 Å². The van der Waals surface area contributed by atoms with Crippen molar-refractivity contribution >= 4 is 54.9 Å². The summed E-state index contributed by atoms with van der Waals surface area (Å²) in [4.78, 5) is 24.8. The van der Waals surface area contributed by atoms with E-state index in [1.165, 1.54) is 25.6 Å². The van der Waals surface area contributed by atoms with E-state index in [4.69, 9.17) is 9.47 Å². The molecule has 1 N–H and O–H groups in total. The number of thiophene rings is 1. The zero-order valence-electron chi connectivity index (χ0n) is 20.0. The number of carbonyl (C=O) groups is 2. The van der Waals surface area contributed by atoms with Crippen LogP contribution in [0.25, 0.3) is 10.4 Å². The Labute approximate surface area is 217 Å². The van der Waals surface area contributed by atoms with Gasteiger partial charge in [0.2, 0.25) is 10.0 Å². The molecule has 1 aliphatic heterocycles. The fraction of sp³-hybridized carbons (Fsp3) is 0.478. The van der Waals surface area contributed by atoms with Gasteiger partial charge >= 0.3 is 11.9 Å². The molecule has 12 heteroatoms. The highest BCUT2D eigenvalue weighted by Crippen LogP contribution is 2.46. The van der Waals surface area contributed by atoms with Crippen LogP contribution in [0.5, 0.6) is 5.75 Å². The van der Waals surface area contributed by atoms with E-state index in [0.29, 0.717) is 30.4 Å². The summed E-state index contributed by atoms with van der Waals surface area (Å²) < 4.78 is 42.0. The third kappa shape index (κ3) is 6.35. The van der Waals surface area contributed by atoms with E-state index in [9.17, 15) is 18.0 Å². The van der Waals surface area contributed by atoms with Gasteiger partial charge in [-0.15, -0.1) is 11.3 Å². The van der Waals surface area contributed by atoms with E-state index in [0.717, 1.165) is 16.1 Å². The molecule has 2 heterocycles. The number of halogens is 1. The Morgan fingerprint density at radius 3 is 2.49 bits per heavy atom. The highest BCUT2D eigenvalue weighted by atomic mass is 79.9. The molecule has 3 rings (SSSR count). The molecule has 1 aliphatic rings. The SMILES string of the molecule is COC(=O)COc1c(C(=O)OC)sc(-c2cccc(NC3CCN(S(=O)(=O)C(C)C)CC3)c2)c1Br. The summed E-state index contributed by atoms with van der Waals surface area (Å²) in [5.74, 6) is -0.919. The van der Waals surface area contributed by atoms with Gasteiger partial charge in [-0.05, 0) is 60.3 Å². The molecule has 0 bridgehead atoms. The van der Waals surface area contributed by atoms with Gasteiger partial charge in [-0.3, -0.25) is 0 Å². The van der Waals surface area contributed by atoms with Crippen LogP contribution in [-0.2, 0) is 24.3 Å². The fourth-order valence-corrected chi connectivity index (χ4v) is 6.95. The molecule has 0 saturated carbocycles. The lowest BCUT2D eigenvalue weighted by molar-refractivity contribution is -0.142. The predicted molar refractivity (Wildman–Crippen MR) is 139 cm³/mol. The van der Waals surface area contributed by atoms with Gasteiger partial charge in [0.1, 0.15) is 0 Å². The van der Waals surface area contributed by atoms with Gasteiger partial charge in [-0.1, -0.05) is 12.1 Å². The van der Waals surface area contributed by atoms with Crippen molar-refractivity contribution < 1.29 is 32.2 Å². The van der Waals surface area contributed by atoms with Crippen LogP contribution >= 0.6 is 27.3 Å². The number of nitrogens with zero attached hydrogens (tertiary/aromatic N) is 1. The average molecular weight is 590 g/mol. The fourth-order valence-electron chi connectivity index (χ4n) is 3.67. The van der Waals surface area contributed by atoms with E-state index in [1.54, 1.807) is 18.2 Å². The first kappa shape index (κ1) is 27.4. The molecule has 0 amide bonds. The molecule has 192 valence electrons. The highest BCUT2D eigenvalue weighted by molar-refractivity contribution is 9.10. The first-order valence-corrected chi connectivity index (χ1v) is 14.2. The second-order valence-corrected chi connectivity index (χ2v) is 12.6. The number of sulfonamides is 1. The van der Waals surface area contributed by atoms with Crippen molar-refractivity contribution in [1.82, 2.24) is 4.31 Å². The molecule has 2 aromatic rings. The Hall–Kier alpha value is -2.15. The molecular weight excluding hydrogens is 560 g/mol. The minimum Gasteiger partial charge on any atom is -0.479 e. The lowest BCUT2D eigenvalue weighted by Crippen LogP contribution is -2.44. The number of esters is 2. The topological polar surface area (TPSA) is 111 Å². The molecular formula is C23H29BrN2O7S2. The van der Waals surface area contributed by atoms with Gasteiger partial charge in [-0.25, -0.2) is 22.3 Å². The smallest absolute Gasteiger partial charge is 0.351 e. The first-order chi connectivity index (χ1) is 16.6. The molecule has 0 unspecified atom stereocenters. The monoisotopic (exact) mass is 588 g/mol. The van der Waals surface area contributed by atoms with Crippen LogP contribution < -0.4 is 10.1 Å². The van der Waals surface area contributed by atoms with Gasteiger partial charge in [0, 0.05) is 24.8 Å². The Morgan fingerprint density at radius 1 is 1.20 bits per heavy atom. The van der Waals surface area contributed by atoms with Crippen LogP contribution in [0.3, 0.4) is 0 Å². The third-order valence-corrected chi connectivity index (χ3v) is 10.1. The van der Waals surface area contributed by atoms with E-state index >= 15 is 0 Å². The van der Waals surface area contributed by atoms with Gasteiger partial charge < -0.3 is 19.5 Å². The van der Waals surface area contributed by atoms with Crippen LogP contribution in [0.4, 0.5) is 5.69 Å². The largest absolute Gasteiger partial charge is 0.479 e. The van der Waals surface area contributed by atoms with Crippen LogP contribution in [0, 0.1) is 0 Å². The van der Waals surface area contributed by atoms with Crippen molar-refractivity contribution in [3.05, 3.63) is 33.6 Å². The summed E-state index contributed by atoms with van der Waals surface area (Å²) in [5, 5.41) is 3.07. The number of rotatable bonds is 9. The van der Waals surface area contributed by atoms with Crippen molar-refractivity contribution in [3.63, 3.8) is 0 Å². The number of piperidine rings is 1. The number of benzene rings is 1. The molecule has 0 aliphatic carbocycles. The number of nitrogens with one attached hydrogen (secondary N) is 1. The van der Waals surface area contributed by atoms with Crippen molar-refractivity contribution in [2.75, 3.05) is 39.2 Å². The van der Waals surface area contributed by atoms with Crippen molar-refractivity contribution in [1.29, 1.82) is 0 Å². The molecule has 0 atom stereocenters. The lowest BCUT2D eigenvalue weighted by Gasteiger charge is -2.33. The minimum atomic E-state index is -3.24. The van der Waals surface area contributed by atoms with E-state index in [1.807, 2.05) is 24.3 Å². The normalized spacial score (nSPS) is 15.1. The number of hydrogen-bond acceptors (Lipinski definition) is 9. The molecule has 1 saturated heterocycles. The Kier molecular flexibility index (Phi) is 9.19. The molecule has 0 spiro atoms. The number of anilines is 1. The van der Waals surface area contributed by atoms with Gasteiger partial charge in [0.25, 0.3) is 0 Å². The predicted octanol–water partition coefficient (Wildman–Crippen LogP) is 4.13. The molecule has 1 aromatic heterocycles. The van der Waals surface area contributed by atoms with Crippen molar-refractivity contribution in [2.24, 2.45) is 0 Å². The van der Waals surface area contributed by atoms with Gasteiger partial charge in [0.15, 0.2) is 17.2 Å². The number of carbonyl (C=O) groups excluding carboxylic acids is 2. The Bertz CT molecular complexity index is 1170. The van der Waals surface area contributed by atoms with Gasteiger partial charge in [0.05, 0.1) is 28.8 Å². The minimum absolute atomic E-state index is 0.139. The second-order valence-electron chi connectivity index (χ2n) is 8.25. The molecule has 0 radical (unpaired) electrons. The molecule has 1 aromatic carbocycles. The van der Waals surface area contributed by atoms with Gasteiger partial charge in [-0.2, -0.15) is 0 Å². The van der Waals surface area contributed by atoms with E-state index in [-0.39, 0.29) is 23.3 Å².